The molecule has 1 saturated heterocycles. The van der Waals surface area contributed by atoms with E-state index < -0.39 is 0 Å². The van der Waals surface area contributed by atoms with Gasteiger partial charge in [0.05, 0.1) is 11.8 Å². The summed E-state index contributed by atoms with van der Waals surface area (Å²) in [6.45, 7) is 3.98. The number of anilines is 1. The SMILES string of the molecule is Cc1ccc(NC(=O)CCNC(=O)N(C)Cc2ccccc2)c(OCC2CCCO2)c1. The van der Waals surface area contributed by atoms with E-state index in [0.29, 0.717) is 24.6 Å². The van der Waals surface area contributed by atoms with Crippen LogP contribution in [0.15, 0.2) is 48.5 Å². The van der Waals surface area contributed by atoms with Crippen LogP contribution in [0.5, 0.6) is 5.75 Å². The van der Waals surface area contributed by atoms with Gasteiger partial charge >= 0.3 is 6.03 Å². The molecule has 0 aromatic heterocycles. The van der Waals surface area contributed by atoms with E-state index in [1.807, 2.05) is 55.5 Å². The number of nitrogens with zero attached hydrogens (tertiary/aromatic N) is 1. The molecule has 1 unspecified atom stereocenters. The minimum atomic E-state index is -0.215. The van der Waals surface area contributed by atoms with Gasteiger partial charge in [0.2, 0.25) is 5.91 Å². The van der Waals surface area contributed by atoms with Crippen LogP contribution in [0.2, 0.25) is 0 Å². The zero-order chi connectivity index (χ0) is 22.1. The van der Waals surface area contributed by atoms with Crippen molar-refractivity contribution in [1.29, 1.82) is 0 Å². The summed E-state index contributed by atoms with van der Waals surface area (Å²) in [6.07, 6.45) is 2.32. The molecule has 31 heavy (non-hydrogen) atoms. The van der Waals surface area contributed by atoms with Gasteiger partial charge in [-0.2, -0.15) is 0 Å². The first-order valence-corrected chi connectivity index (χ1v) is 10.7. The second-order valence-electron chi connectivity index (χ2n) is 7.82. The molecule has 2 aromatic carbocycles. The summed E-state index contributed by atoms with van der Waals surface area (Å²) < 4.78 is 11.5. The standard InChI is InChI=1S/C24H31N3O4/c1-18-10-11-21(22(15-18)31-17-20-9-6-14-30-20)26-23(28)12-13-25-24(29)27(2)16-19-7-4-3-5-8-19/h3-5,7-8,10-11,15,20H,6,9,12-14,16-17H2,1-2H3,(H,25,29)(H,26,28). The Kier molecular flexibility index (Phi) is 8.29. The van der Waals surface area contributed by atoms with Crippen molar-refractivity contribution in [3.05, 3.63) is 59.7 Å². The fourth-order valence-electron chi connectivity index (χ4n) is 3.37. The van der Waals surface area contributed by atoms with Crippen LogP contribution in [0.1, 0.15) is 30.4 Å². The van der Waals surface area contributed by atoms with Crippen molar-refractivity contribution in [2.45, 2.75) is 38.8 Å². The van der Waals surface area contributed by atoms with E-state index in [0.717, 1.165) is 30.6 Å². The molecule has 7 heteroatoms. The fourth-order valence-corrected chi connectivity index (χ4v) is 3.37. The Morgan fingerprint density at radius 1 is 1.19 bits per heavy atom. The topological polar surface area (TPSA) is 79.9 Å². The Morgan fingerprint density at radius 2 is 2.00 bits per heavy atom. The third-order valence-corrected chi connectivity index (χ3v) is 5.10. The van der Waals surface area contributed by atoms with Gasteiger partial charge < -0.3 is 25.0 Å². The number of benzene rings is 2. The largest absolute Gasteiger partial charge is 0.489 e. The van der Waals surface area contributed by atoms with Crippen LogP contribution in [0.3, 0.4) is 0 Å². The van der Waals surface area contributed by atoms with Gasteiger partial charge in [0.1, 0.15) is 12.4 Å². The number of hydrogen-bond donors (Lipinski definition) is 2. The molecule has 1 atom stereocenters. The zero-order valence-electron chi connectivity index (χ0n) is 18.2. The Labute approximate surface area is 183 Å². The van der Waals surface area contributed by atoms with E-state index in [2.05, 4.69) is 10.6 Å². The van der Waals surface area contributed by atoms with Gasteiger partial charge in [-0.15, -0.1) is 0 Å². The summed E-state index contributed by atoms with van der Waals surface area (Å²) >= 11 is 0. The maximum absolute atomic E-state index is 12.4. The van der Waals surface area contributed by atoms with Crippen LogP contribution in [-0.4, -0.2) is 49.7 Å². The van der Waals surface area contributed by atoms with Crippen molar-refractivity contribution >= 4 is 17.6 Å². The maximum atomic E-state index is 12.4. The number of rotatable bonds is 9. The number of hydrogen-bond acceptors (Lipinski definition) is 4. The second kappa shape index (κ2) is 11.4. The molecule has 3 rings (SSSR count). The number of urea groups is 1. The molecule has 166 valence electrons. The molecule has 0 radical (unpaired) electrons. The lowest BCUT2D eigenvalue weighted by Crippen LogP contribution is -2.38. The average Bonchev–Trinajstić information content (AvgIpc) is 3.28. The quantitative estimate of drug-likeness (QED) is 0.642. The van der Waals surface area contributed by atoms with Gasteiger partial charge in [-0.1, -0.05) is 36.4 Å². The minimum Gasteiger partial charge on any atom is -0.489 e. The van der Waals surface area contributed by atoms with Crippen molar-refractivity contribution in [1.82, 2.24) is 10.2 Å². The van der Waals surface area contributed by atoms with Crippen molar-refractivity contribution in [2.24, 2.45) is 0 Å². The van der Waals surface area contributed by atoms with Gasteiger partial charge in [0.25, 0.3) is 0 Å². The third-order valence-electron chi connectivity index (χ3n) is 5.10. The lowest BCUT2D eigenvalue weighted by molar-refractivity contribution is -0.116. The molecule has 0 spiro atoms. The summed E-state index contributed by atoms with van der Waals surface area (Å²) in [7, 11) is 1.73. The van der Waals surface area contributed by atoms with E-state index in [1.165, 1.54) is 0 Å². The van der Waals surface area contributed by atoms with Gasteiger partial charge in [-0.05, 0) is 43.0 Å². The van der Waals surface area contributed by atoms with Crippen molar-refractivity contribution in [3.8, 4) is 5.75 Å². The summed E-state index contributed by atoms with van der Waals surface area (Å²) in [4.78, 5) is 26.2. The van der Waals surface area contributed by atoms with Crippen molar-refractivity contribution in [3.63, 3.8) is 0 Å². The summed E-state index contributed by atoms with van der Waals surface area (Å²) in [5, 5.41) is 5.67. The Hall–Kier alpha value is -3.06. The second-order valence-corrected chi connectivity index (χ2v) is 7.82. The summed E-state index contributed by atoms with van der Waals surface area (Å²) in [5.41, 5.74) is 2.72. The molecule has 0 saturated carbocycles. The van der Waals surface area contributed by atoms with Crippen molar-refractivity contribution in [2.75, 3.05) is 32.1 Å². The Morgan fingerprint density at radius 3 is 2.74 bits per heavy atom. The molecule has 1 fully saturated rings. The fraction of sp³-hybridized carbons (Fsp3) is 0.417. The van der Waals surface area contributed by atoms with Crippen LogP contribution in [0.25, 0.3) is 0 Å². The molecule has 3 amide bonds. The highest BCUT2D eigenvalue weighted by Crippen LogP contribution is 2.27. The molecule has 1 heterocycles. The van der Waals surface area contributed by atoms with E-state index in [1.54, 1.807) is 11.9 Å². The first kappa shape index (κ1) is 22.6. The van der Waals surface area contributed by atoms with Crippen LogP contribution >= 0.6 is 0 Å². The van der Waals surface area contributed by atoms with Gasteiger partial charge in [0.15, 0.2) is 0 Å². The molecule has 1 aliphatic heterocycles. The number of aryl methyl sites for hydroxylation is 1. The number of amides is 3. The molecule has 2 N–H and O–H groups in total. The Bertz CT molecular complexity index is 866. The zero-order valence-corrected chi connectivity index (χ0v) is 18.2. The maximum Gasteiger partial charge on any atom is 0.317 e. The predicted octanol–water partition coefficient (Wildman–Crippen LogP) is 3.72. The van der Waals surface area contributed by atoms with Crippen LogP contribution in [0, 0.1) is 6.92 Å². The monoisotopic (exact) mass is 425 g/mol. The lowest BCUT2D eigenvalue weighted by atomic mass is 10.2. The average molecular weight is 426 g/mol. The van der Waals surface area contributed by atoms with Crippen LogP contribution in [0.4, 0.5) is 10.5 Å². The van der Waals surface area contributed by atoms with E-state index in [4.69, 9.17) is 9.47 Å². The molecule has 2 aromatic rings. The van der Waals surface area contributed by atoms with Gasteiger partial charge in [-0.3, -0.25) is 4.79 Å². The number of ether oxygens (including phenoxy) is 2. The molecule has 0 bridgehead atoms. The van der Waals surface area contributed by atoms with E-state index >= 15 is 0 Å². The summed E-state index contributed by atoms with van der Waals surface area (Å²) in [5.74, 6) is 0.451. The van der Waals surface area contributed by atoms with Gasteiger partial charge in [0, 0.05) is 33.2 Å². The smallest absolute Gasteiger partial charge is 0.317 e. The molecule has 0 aliphatic carbocycles. The number of carbonyl (C=O) groups excluding carboxylic acids is 2. The van der Waals surface area contributed by atoms with E-state index in [9.17, 15) is 9.59 Å². The molecular formula is C24H31N3O4. The molecule has 1 aliphatic rings. The lowest BCUT2D eigenvalue weighted by Gasteiger charge is -2.18. The highest BCUT2D eigenvalue weighted by Gasteiger charge is 2.17. The van der Waals surface area contributed by atoms with E-state index in [-0.39, 0.29) is 31.0 Å². The van der Waals surface area contributed by atoms with Crippen LogP contribution in [-0.2, 0) is 16.1 Å². The first-order valence-electron chi connectivity index (χ1n) is 10.7. The Balaban J connectivity index is 1.44. The highest BCUT2D eigenvalue weighted by molar-refractivity contribution is 5.92. The first-order chi connectivity index (χ1) is 15.0. The summed E-state index contributed by atoms with van der Waals surface area (Å²) in [6, 6.07) is 15.2. The minimum absolute atomic E-state index is 0.104. The normalized spacial score (nSPS) is 15.4. The van der Waals surface area contributed by atoms with Crippen molar-refractivity contribution < 1.29 is 19.1 Å². The highest BCUT2D eigenvalue weighted by atomic mass is 16.5. The number of nitrogens with one attached hydrogen (secondary N) is 2. The molecule has 7 nitrogen and oxygen atoms in total. The third kappa shape index (κ3) is 7.29. The predicted molar refractivity (Wildman–Crippen MR) is 120 cm³/mol. The molecular weight excluding hydrogens is 394 g/mol. The van der Waals surface area contributed by atoms with Gasteiger partial charge in [-0.25, -0.2) is 4.79 Å². The number of carbonyl (C=O) groups is 2. The van der Waals surface area contributed by atoms with Crippen LogP contribution < -0.4 is 15.4 Å².